The van der Waals surface area contributed by atoms with Crippen LogP contribution < -0.4 is 10.7 Å². The van der Waals surface area contributed by atoms with E-state index < -0.39 is 5.60 Å². The Balaban J connectivity index is 1.62. The number of carbonyl (C=O) groups is 1. The number of nitrogens with one attached hydrogen (secondary N) is 1. The van der Waals surface area contributed by atoms with Crippen LogP contribution in [-0.2, 0) is 11.4 Å². The summed E-state index contributed by atoms with van der Waals surface area (Å²) in [6.07, 6.45) is 3.24. The minimum absolute atomic E-state index is 0.0304. The number of rotatable bonds is 3. The van der Waals surface area contributed by atoms with E-state index >= 15 is 0 Å². The van der Waals surface area contributed by atoms with Gasteiger partial charge in [-0.25, -0.2) is 4.79 Å². The van der Waals surface area contributed by atoms with Crippen molar-refractivity contribution in [2.75, 3.05) is 13.1 Å². The number of amides is 1. The fraction of sp³-hybridized carbons (Fsp3) is 0.500. The number of benzene rings is 1. The third kappa shape index (κ3) is 5.11. The quantitative estimate of drug-likeness (QED) is 0.797. The Bertz CT molecular complexity index is 880. The predicted molar refractivity (Wildman–Crippen MR) is 110 cm³/mol. The third-order valence-corrected chi connectivity index (χ3v) is 5.25. The second-order valence-electron chi connectivity index (χ2n) is 7.97. The lowest BCUT2D eigenvalue weighted by Crippen LogP contribution is -2.46. The Morgan fingerprint density at radius 3 is 2.63 bits per heavy atom. The van der Waals surface area contributed by atoms with E-state index in [-0.39, 0.29) is 17.6 Å². The summed E-state index contributed by atoms with van der Waals surface area (Å²) in [6, 6.07) is 7.44. The van der Waals surface area contributed by atoms with E-state index in [2.05, 4.69) is 30.7 Å². The number of ether oxygens (including phenoxy) is 1. The summed E-state index contributed by atoms with van der Waals surface area (Å²) in [5.41, 5.74) is 0.464. The largest absolute Gasteiger partial charge is 0.444 e. The van der Waals surface area contributed by atoms with E-state index in [1.165, 1.54) is 0 Å². The van der Waals surface area contributed by atoms with E-state index in [4.69, 9.17) is 4.74 Å². The van der Waals surface area contributed by atoms with Gasteiger partial charge in [0, 0.05) is 41.3 Å². The summed E-state index contributed by atoms with van der Waals surface area (Å²) in [5.74, 6) is 0. The van der Waals surface area contributed by atoms with Gasteiger partial charge in [0.2, 0.25) is 0 Å². The Kier molecular flexibility index (Phi) is 5.91. The van der Waals surface area contributed by atoms with Crippen molar-refractivity contribution in [2.45, 2.75) is 51.9 Å². The molecule has 3 rings (SSSR count). The molecule has 0 bridgehead atoms. The molecule has 0 spiro atoms. The first-order valence-electron chi connectivity index (χ1n) is 9.22. The van der Waals surface area contributed by atoms with E-state index in [9.17, 15) is 9.59 Å². The molecule has 7 heteroatoms. The Morgan fingerprint density at radius 1 is 1.26 bits per heavy atom. The minimum Gasteiger partial charge on any atom is -0.444 e. The molecule has 0 atom stereocenters. The van der Waals surface area contributed by atoms with Gasteiger partial charge in [0.1, 0.15) is 5.60 Å². The lowest BCUT2D eigenvalue weighted by molar-refractivity contribution is 0.0472. The average molecular weight is 436 g/mol. The van der Waals surface area contributed by atoms with Crippen LogP contribution in [0.2, 0.25) is 0 Å². The molecule has 1 N–H and O–H groups in total. The molecule has 27 heavy (non-hydrogen) atoms. The molecule has 2 aromatic rings. The number of alkyl carbamates (subject to hydrolysis) is 1. The lowest BCUT2D eigenvalue weighted by Gasteiger charge is -2.33. The second kappa shape index (κ2) is 8.02. The summed E-state index contributed by atoms with van der Waals surface area (Å²) in [5, 5.41) is 3.68. The zero-order valence-corrected chi connectivity index (χ0v) is 17.6. The molecule has 1 saturated heterocycles. The van der Waals surface area contributed by atoms with E-state index in [1.54, 1.807) is 6.07 Å². The number of halogens is 1. The molecule has 0 saturated carbocycles. The molecule has 6 nitrogen and oxygen atoms in total. The average Bonchev–Trinajstić information content (AvgIpc) is 2.58. The van der Waals surface area contributed by atoms with Crippen LogP contribution in [0.1, 0.15) is 33.6 Å². The molecule has 1 aliphatic heterocycles. The SMILES string of the molecule is CC(C)(C)OC(=O)NC1CCN(Cn2ccc(=O)c3cccc(Br)c32)CC1. The van der Waals surface area contributed by atoms with Crippen molar-refractivity contribution in [2.24, 2.45) is 0 Å². The molecule has 1 amide bonds. The first-order chi connectivity index (χ1) is 12.7. The van der Waals surface area contributed by atoms with Crippen LogP contribution in [0.5, 0.6) is 0 Å². The van der Waals surface area contributed by atoms with Gasteiger partial charge in [0.05, 0.1) is 12.2 Å². The number of aromatic nitrogens is 1. The molecule has 1 aromatic carbocycles. The number of hydrogen-bond donors (Lipinski definition) is 1. The second-order valence-corrected chi connectivity index (χ2v) is 8.82. The number of nitrogens with zero attached hydrogens (tertiary/aromatic N) is 2. The normalized spacial score (nSPS) is 16.4. The topological polar surface area (TPSA) is 63.6 Å². The molecule has 0 radical (unpaired) electrons. The highest BCUT2D eigenvalue weighted by atomic mass is 79.9. The van der Waals surface area contributed by atoms with Crippen LogP contribution >= 0.6 is 15.9 Å². The number of piperidine rings is 1. The van der Waals surface area contributed by atoms with Crippen LogP contribution in [0.15, 0.2) is 39.7 Å². The maximum atomic E-state index is 12.1. The van der Waals surface area contributed by atoms with Crippen molar-refractivity contribution < 1.29 is 9.53 Å². The molecular formula is C20H26BrN3O3. The zero-order chi connectivity index (χ0) is 19.6. The van der Waals surface area contributed by atoms with Gasteiger partial charge in [-0.2, -0.15) is 0 Å². The van der Waals surface area contributed by atoms with Crippen molar-refractivity contribution in [1.29, 1.82) is 0 Å². The van der Waals surface area contributed by atoms with Crippen molar-refractivity contribution in [3.05, 3.63) is 45.2 Å². The van der Waals surface area contributed by atoms with E-state index in [0.717, 1.165) is 35.9 Å². The fourth-order valence-electron chi connectivity index (χ4n) is 3.35. The summed E-state index contributed by atoms with van der Waals surface area (Å²) in [6.45, 7) is 8.04. The van der Waals surface area contributed by atoms with E-state index in [0.29, 0.717) is 12.1 Å². The summed E-state index contributed by atoms with van der Waals surface area (Å²) < 4.78 is 8.35. The van der Waals surface area contributed by atoms with Gasteiger partial charge in [0.25, 0.3) is 0 Å². The molecule has 2 heterocycles. The Morgan fingerprint density at radius 2 is 1.96 bits per heavy atom. The highest BCUT2D eigenvalue weighted by molar-refractivity contribution is 9.10. The van der Waals surface area contributed by atoms with Crippen molar-refractivity contribution >= 4 is 32.9 Å². The number of para-hydroxylation sites is 1. The van der Waals surface area contributed by atoms with E-state index in [1.807, 2.05) is 45.2 Å². The molecule has 0 unspecified atom stereocenters. The maximum Gasteiger partial charge on any atom is 0.407 e. The number of fused-ring (bicyclic) bond motifs is 1. The van der Waals surface area contributed by atoms with Gasteiger partial charge >= 0.3 is 6.09 Å². The van der Waals surface area contributed by atoms with Gasteiger partial charge in [-0.15, -0.1) is 0 Å². The number of likely N-dealkylation sites (tertiary alicyclic amines) is 1. The number of pyridine rings is 1. The lowest BCUT2D eigenvalue weighted by atomic mass is 10.1. The van der Waals surface area contributed by atoms with Crippen LogP contribution in [-0.4, -0.2) is 40.3 Å². The molecule has 1 aromatic heterocycles. The van der Waals surface area contributed by atoms with Crippen molar-refractivity contribution in [1.82, 2.24) is 14.8 Å². The molecule has 0 aliphatic carbocycles. The summed E-state index contributed by atoms with van der Waals surface area (Å²) in [4.78, 5) is 26.4. The Hall–Kier alpha value is -1.86. The number of carbonyl (C=O) groups excluding carboxylic acids is 1. The zero-order valence-electron chi connectivity index (χ0n) is 16.0. The summed E-state index contributed by atoms with van der Waals surface area (Å²) >= 11 is 3.57. The summed E-state index contributed by atoms with van der Waals surface area (Å²) in [7, 11) is 0. The third-order valence-electron chi connectivity index (χ3n) is 4.61. The van der Waals surface area contributed by atoms with Crippen molar-refractivity contribution in [3.63, 3.8) is 0 Å². The molecule has 146 valence electrons. The van der Waals surface area contributed by atoms with Crippen LogP contribution in [0.3, 0.4) is 0 Å². The monoisotopic (exact) mass is 435 g/mol. The maximum absolute atomic E-state index is 12.1. The van der Waals surface area contributed by atoms with Gasteiger partial charge < -0.3 is 14.6 Å². The standard InChI is InChI=1S/C20H26BrN3O3/c1-20(2,3)27-19(26)22-14-7-10-23(11-8-14)13-24-12-9-17(25)15-5-4-6-16(21)18(15)24/h4-6,9,12,14H,7-8,10-11,13H2,1-3H3,(H,22,26). The predicted octanol–water partition coefficient (Wildman–Crippen LogP) is 3.71. The van der Waals surface area contributed by atoms with Gasteiger partial charge in [-0.1, -0.05) is 6.07 Å². The van der Waals surface area contributed by atoms with Crippen LogP contribution in [0.4, 0.5) is 4.79 Å². The molecule has 1 fully saturated rings. The highest BCUT2D eigenvalue weighted by Gasteiger charge is 2.23. The highest BCUT2D eigenvalue weighted by Crippen LogP contribution is 2.22. The van der Waals surface area contributed by atoms with Crippen LogP contribution in [0.25, 0.3) is 10.9 Å². The smallest absolute Gasteiger partial charge is 0.407 e. The van der Waals surface area contributed by atoms with Gasteiger partial charge in [-0.05, 0) is 61.7 Å². The minimum atomic E-state index is -0.483. The Labute approximate surface area is 167 Å². The van der Waals surface area contributed by atoms with Gasteiger partial charge in [-0.3, -0.25) is 9.69 Å². The fourth-order valence-corrected chi connectivity index (χ4v) is 3.95. The van der Waals surface area contributed by atoms with Crippen molar-refractivity contribution in [3.8, 4) is 0 Å². The molecular weight excluding hydrogens is 410 g/mol. The van der Waals surface area contributed by atoms with Gasteiger partial charge in [0.15, 0.2) is 5.43 Å². The number of hydrogen-bond acceptors (Lipinski definition) is 4. The first-order valence-corrected chi connectivity index (χ1v) is 10.0. The first kappa shape index (κ1) is 19.9. The van der Waals surface area contributed by atoms with Crippen LogP contribution in [0, 0.1) is 0 Å². The molecule has 1 aliphatic rings.